The topological polar surface area (TPSA) is 41.6 Å². The Bertz CT molecular complexity index is 445. The Morgan fingerprint density at radius 1 is 1.63 bits per heavy atom. The molecule has 1 aliphatic heterocycles. The van der Waals surface area contributed by atoms with E-state index in [1.807, 2.05) is 13.0 Å². The number of carbonyl (C=O) groups excluding carboxylic acids is 1. The van der Waals surface area contributed by atoms with Crippen molar-refractivity contribution in [1.82, 2.24) is 10.2 Å². The number of ether oxygens (including phenoxy) is 1. The second-order valence-corrected chi connectivity index (χ2v) is 6.15. The zero-order valence-corrected chi connectivity index (χ0v) is 12.7. The van der Waals surface area contributed by atoms with Crippen molar-refractivity contribution >= 4 is 17.2 Å². The summed E-state index contributed by atoms with van der Waals surface area (Å²) in [5, 5.41) is 3.04. The molecule has 5 heteroatoms. The van der Waals surface area contributed by atoms with E-state index in [2.05, 4.69) is 17.1 Å². The molecule has 0 bridgehead atoms. The Balaban J connectivity index is 1.94. The standard InChI is InChI=1S/C14H22N2O2S/c1-4-16-7-5-6-11(16)9-15-14(17)13-12(18-3)8-10(2)19-13/h8,11H,4-7,9H2,1-3H3,(H,15,17). The highest BCUT2D eigenvalue weighted by molar-refractivity contribution is 7.14. The molecule has 19 heavy (non-hydrogen) atoms. The van der Waals surface area contributed by atoms with Crippen molar-refractivity contribution in [2.24, 2.45) is 0 Å². The highest BCUT2D eigenvalue weighted by Crippen LogP contribution is 2.28. The molecule has 1 saturated heterocycles. The third-order valence-electron chi connectivity index (χ3n) is 3.65. The van der Waals surface area contributed by atoms with E-state index >= 15 is 0 Å². The molecule has 1 aromatic heterocycles. The van der Waals surface area contributed by atoms with Crippen LogP contribution in [0.5, 0.6) is 5.75 Å². The zero-order valence-electron chi connectivity index (χ0n) is 11.9. The minimum absolute atomic E-state index is 0.0158. The van der Waals surface area contributed by atoms with Crippen molar-refractivity contribution in [3.8, 4) is 5.75 Å². The smallest absolute Gasteiger partial charge is 0.265 e. The Hall–Kier alpha value is -1.07. The third kappa shape index (κ3) is 3.28. The minimum Gasteiger partial charge on any atom is -0.495 e. The molecule has 106 valence electrons. The van der Waals surface area contributed by atoms with Gasteiger partial charge in [-0.2, -0.15) is 0 Å². The highest BCUT2D eigenvalue weighted by Gasteiger charge is 2.24. The summed E-state index contributed by atoms with van der Waals surface area (Å²) < 4.78 is 5.24. The lowest BCUT2D eigenvalue weighted by atomic mass is 10.2. The van der Waals surface area contributed by atoms with Gasteiger partial charge in [0.05, 0.1) is 7.11 Å². The zero-order chi connectivity index (χ0) is 13.8. The Kier molecular flexibility index (Phi) is 4.82. The number of aryl methyl sites for hydroxylation is 1. The summed E-state index contributed by atoms with van der Waals surface area (Å²) in [6, 6.07) is 2.40. The molecule has 1 fully saturated rings. The molecule has 1 N–H and O–H groups in total. The first-order chi connectivity index (χ1) is 9.15. The summed E-state index contributed by atoms with van der Waals surface area (Å²) >= 11 is 1.49. The molecule has 1 amide bonds. The lowest BCUT2D eigenvalue weighted by Gasteiger charge is -2.22. The Morgan fingerprint density at radius 2 is 2.42 bits per heavy atom. The molecule has 0 radical (unpaired) electrons. The lowest BCUT2D eigenvalue weighted by molar-refractivity contribution is 0.0943. The summed E-state index contributed by atoms with van der Waals surface area (Å²) in [6.07, 6.45) is 2.41. The second kappa shape index (κ2) is 6.39. The minimum atomic E-state index is -0.0158. The van der Waals surface area contributed by atoms with Gasteiger partial charge in [0.25, 0.3) is 5.91 Å². The van der Waals surface area contributed by atoms with Crippen molar-refractivity contribution in [2.45, 2.75) is 32.7 Å². The van der Waals surface area contributed by atoms with Crippen LogP contribution in [-0.2, 0) is 0 Å². The SMILES string of the molecule is CCN1CCCC1CNC(=O)c1sc(C)cc1OC. The number of nitrogens with one attached hydrogen (secondary N) is 1. The number of carbonyl (C=O) groups is 1. The van der Waals surface area contributed by atoms with Crippen LogP contribution >= 0.6 is 11.3 Å². The quantitative estimate of drug-likeness (QED) is 0.901. The van der Waals surface area contributed by atoms with E-state index in [0.29, 0.717) is 16.7 Å². The Labute approximate surface area is 118 Å². The van der Waals surface area contributed by atoms with Crippen LogP contribution in [0.3, 0.4) is 0 Å². The van der Waals surface area contributed by atoms with E-state index in [0.717, 1.165) is 24.5 Å². The van der Waals surface area contributed by atoms with Crippen LogP contribution in [0, 0.1) is 6.92 Å². The Morgan fingerprint density at radius 3 is 3.11 bits per heavy atom. The van der Waals surface area contributed by atoms with Gasteiger partial charge in [0.1, 0.15) is 10.6 Å². The van der Waals surface area contributed by atoms with Crippen LogP contribution in [0.2, 0.25) is 0 Å². The van der Waals surface area contributed by atoms with Crippen LogP contribution < -0.4 is 10.1 Å². The van der Waals surface area contributed by atoms with Gasteiger partial charge in [0.15, 0.2) is 0 Å². The van der Waals surface area contributed by atoms with Crippen molar-refractivity contribution in [3.63, 3.8) is 0 Å². The van der Waals surface area contributed by atoms with Crippen molar-refractivity contribution in [1.29, 1.82) is 0 Å². The van der Waals surface area contributed by atoms with Crippen molar-refractivity contribution < 1.29 is 9.53 Å². The number of nitrogens with zero attached hydrogens (tertiary/aromatic N) is 1. The number of hydrogen-bond donors (Lipinski definition) is 1. The first-order valence-electron chi connectivity index (χ1n) is 6.82. The summed E-state index contributed by atoms with van der Waals surface area (Å²) in [4.78, 5) is 16.4. The molecular formula is C14H22N2O2S. The molecule has 1 aliphatic rings. The van der Waals surface area contributed by atoms with Crippen LogP contribution in [0.4, 0.5) is 0 Å². The molecule has 1 atom stereocenters. The van der Waals surface area contributed by atoms with Gasteiger partial charge in [-0.15, -0.1) is 11.3 Å². The van der Waals surface area contributed by atoms with E-state index in [-0.39, 0.29) is 5.91 Å². The van der Waals surface area contributed by atoms with Gasteiger partial charge in [-0.1, -0.05) is 6.92 Å². The molecular weight excluding hydrogens is 260 g/mol. The molecule has 2 rings (SSSR count). The molecule has 1 unspecified atom stereocenters. The largest absolute Gasteiger partial charge is 0.495 e. The average molecular weight is 282 g/mol. The number of methoxy groups -OCH3 is 1. The van der Waals surface area contributed by atoms with Crippen molar-refractivity contribution in [2.75, 3.05) is 26.7 Å². The molecule has 4 nitrogen and oxygen atoms in total. The second-order valence-electron chi connectivity index (χ2n) is 4.89. The van der Waals surface area contributed by atoms with E-state index in [4.69, 9.17) is 4.74 Å². The molecule has 0 aliphatic carbocycles. The number of rotatable bonds is 5. The van der Waals surface area contributed by atoms with Gasteiger partial charge in [-0.3, -0.25) is 9.69 Å². The maximum absolute atomic E-state index is 12.2. The van der Waals surface area contributed by atoms with Gasteiger partial charge >= 0.3 is 0 Å². The number of amides is 1. The van der Waals surface area contributed by atoms with Crippen LogP contribution in [0.15, 0.2) is 6.07 Å². The third-order valence-corrected chi connectivity index (χ3v) is 4.68. The lowest BCUT2D eigenvalue weighted by Crippen LogP contribution is -2.39. The summed E-state index contributed by atoms with van der Waals surface area (Å²) in [5.74, 6) is 0.664. The fourth-order valence-electron chi connectivity index (χ4n) is 2.63. The monoisotopic (exact) mass is 282 g/mol. The highest BCUT2D eigenvalue weighted by atomic mass is 32.1. The van der Waals surface area contributed by atoms with E-state index in [1.54, 1.807) is 7.11 Å². The first-order valence-corrected chi connectivity index (χ1v) is 7.64. The number of likely N-dealkylation sites (N-methyl/N-ethyl adjacent to an activating group) is 1. The maximum Gasteiger partial charge on any atom is 0.265 e. The van der Waals surface area contributed by atoms with Crippen LogP contribution in [0.25, 0.3) is 0 Å². The van der Waals surface area contributed by atoms with Crippen molar-refractivity contribution in [3.05, 3.63) is 15.8 Å². The molecule has 0 aromatic carbocycles. The molecule has 0 saturated carbocycles. The van der Waals surface area contributed by atoms with E-state index in [1.165, 1.54) is 24.2 Å². The van der Waals surface area contributed by atoms with Crippen LogP contribution in [-0.4, -0.2) is 43.6 Å². The number of likely N-dealkylation sites (tertiary alicyclic amines) is 1. The summed E-state index contributed by atoms with van der Waals surface area (Å²) in [6.45, 7) is 7.10. The van der Waals surface area contributed by atoms with Gasteiger partial charge in [-0.25, -0.2) is 0 Å². The van der Waals surface area contributed by atoms with E-state index in [9.17, 15) is 4.79 Å². The number of hydrogen-bond acceptors (Lipinski definition) is 4. The van der Waals surface area contributed by atoms with E-state index < -0.39 is 0 Å². The fourth-order valence-corrected chi connectivity index (χ4v) is 3.53. The van der Waals surface area contributed by atoms with Gasteiger partial charge in [-0.05, 0) is 38.9 Å². The predicted molar refractivity (Wildman–Crippen MR) is 78.2 cm³/mol. The summed E-state index contributed by atoms with van der Waals surface area (Å²) in [5.41, 5.74) is 0. The van der Waals surface area contributed by atoms with Gasteiger partial charge < -0.3 is 10.1 Å². The number of thiophene rings is 1. The molecule has 1 aromatic rings. The predicted octanol–water partition coefficient (Wildman–Crippen LogP) is 2.28. The van der Waals surface area contributed by atoms with Crippen LogP contribution in [0.1, 0.15) is 34.3 Å². The first kappa shape index (κ1) is 14.3. The van der Waals surface area contributed by atoms with Gasteiger partial charge in [0.2, 0.25) is 0 Å². The van der Waals surface area contributed by atoms with Gasteiger partial charge in [0, 0.05) is 17.5 Å². The maximum atomic E-state index is 12.2. The molecule has 2 heterocycles. The molecule has 0 spiro atoms. The summed E-state index contributed by atoms with van der Waals surface area (Å²) in [7, 11) is 1.61. The normalized spacial score (nSPS) is 19.6. The average Bonchev–Trinajstić information content (AvgIpc) is 3.01. The fraction of sp³-hybridized carbons (Fsp3) is 0.643.